The van der Waals surface area contributed by atoms with Gasteiger partial charge >= 0.3 is 5.97 Å². The number of aliphatic hydroxyl groups is 1. The molecule has 2 N–H and O–H groups in total. The highest BCUT2D eigenvalue weighted by Gasteiger charge is 2.82. The number of methoxy groups -OCH3 is 2. The van der Waals surface area contributed by atoms with Crippen molar-refractivity contribution in [2.75, 3.05) is 70.4 Å². The fourth-order valence-electron chi connectivity index (χ4n) is 16.9. The largest absolute Gasteiger partial charge is 0.495 e. The van der Waals surface area contributed by atoms with Gasteiger partial charge in [-0.3, -0.25) is 9.80 Å². The molecule has 11 aliphatic rings. The van der Waals surface area contributed by atoms with Gasteiger partial charge in [-0.2, -0.15) is 0 Å². The van der Waals surface area contributed by atoms with E-state index in [1.165, 1.54) is 23.9 Å². The van der Waals surface area contributed by atoms with E-state index in [9.17, 15) is 9.90 Å². The number of carbonyl (C=O) groups excluding carboxylic acids is 1. The lowest BCUT2D eigenvalue weighted by atomic mass is 9.43. The molecular weight excluding hydrogens is 668 g/mol. The molecule has 278 valence electrons. The van der Waals surface area contributed by atoms with Gasteiger partial charge < -0.3 is 34.3 Å². The molecule has 1 saturated carbocycles. The van der Waals surface area contributed by atoms with Crippen LogP contribution in [0.3, 0.4) is 0 Å². The van der Waals surface area contributed by atoms with Crippen LogP contribution < -0.4 is 15.0 Å². The number of benzene rings is 2. The van der Waals surface area contributed by atoms with Crippen LogP contribution in [-0.2, 0) is 29.8 Å². The molecule has 0 bridgehead atoms. The van der Waals surface area contributed by atoms with Crippen molar-refractivity contribution in [3.05, 3.63) is 64.9 Å². The van der Waals surface area contributed by atoms with E-state index >= 15 is 0 Å². The van der Waals surface area contributed by atoms with E-state index in [2.05, 4.69) is 62.5 Å². The third-order valence-corrected chi connectivity index (χ3v) is 17.5. The summed E-state index contributed by atoms with van der Waals surface area (Å²) in [5.74, 6) is 0.683. The van der Waals surface area contributed by atoms with Gasteiger partial charge in [0.25, 0.3) is 0 Å². The average Bonchev–Trinajstić information content (AvgIpc) is 4.01. The molecule has 5 spiro atoms. The lowest BCUT2D eigenvalue weighted by molar-refractivity contribution is -0.219. The Labute approximate surface area is 310 Å². The van der Waals surface area contributed by atoms with Crippen molar-refractivity contribution in [1.29, 1.82) is 0 Å². The molecule has 11 atom stereocenters. The van der Waals surface area contributed by atoms with Crippen LogP contribution in [0.2, 0.25) is 0 Å². The zero-order valence-electron chi connectivity index (χ0n) is 30.9. The summed E-state index contributed by atoms with van der Waals surface area (Å²) >= 11 is 0. The third kappa shape index (κ3) is 3.17. The molecule has 9 heterocycles. The van der Waals surface area contributed by atoms with Gasteiger partial charge in [0.05, 0.1) is 54.7 Å². The predicted molar refractivity (Wildman–Crippen MR) is 196 cm³/mol. The van der Waals surface area contributed by atoms with E-state index < -0.39 is 5.60 Å². The van der Waals surface area contributed by atoms with Gasteiger partial charge in [0.1, 0.15) is 5.75 Å². The Morgan fingerprint density at radius 1 is 0.868 bits per heavy atom. The van der Waals surface area contributed by atoms with E-state index in [0.717, 1.165) is 101 Å². The van der Waals surface area contributed by atoms with Crippen LogP contribution in [-0.4, -0.2) is 117 Å². The monoisotopic (exact) mass is 718 g/mol. The van der Waals surface area contributed by atoms with Gasteiger partial charge in [0.15, 0.2) is 0 Å². The van der Waals surface area contributed by atoms with Gasteiger partial charge in [-0.1, -0.05) is 30.3 Å². The number of hydrogen-bond acceptors (Lipinski definition) is 10. The van der Waals surface area contributed by atoms with Crippen molar-refractivity contribution in [1.82, 2.24) is 9.80 Å². The molecule has 0 unspecified atom stereocenters. The number of piperidine rings is 3. The lowest BCUT2D eigenvalue weighted by Crippen LogP contribution is -2.81. The predicted octanol–water partition coefficient (Wildman–Crippen LogP) is 3.96. The van der Waals surface area contributed by atoms with Gasteiger partial charge in [-0.25, -0.2) is 4.79 Å². The van der Waals surface area contributed by atoms with Crippen LogP contribution in [0.4, 0.5) is 11.4 Å². The summed E-state index contributed by atoms with van der Waals surface area (Å²) in [6.07, 6.45) is 7.05. The Kier molecular flexibility index (Phi) is 5.64. The fraction of sp³-hybridized carbons (Fsp3) is 0.651. The van der Waals surface area contributed by atoms with Crippen LogP contribution in [0.5, 0.6) is 5.75 Å². The first-order valence-corrected chi connectivity index (χ1v) is 20.4. The number of esters is 1. The van der Waals surface area contributed by atoms with Gasteiger partial charge in [0, 0.05) is 78.0 Å². The molecule has 7 saturated heterocycles. The van der Waals surface area contributed by atoms with Crippen molar-refractivity contribution in [3.63, 3.8) is 0 Å². The molecular formula is C43H50N4O6. The standard InChI is InChI=1S/C43H50N4O6/c1-50-29-9-5-7-27-31(29)47-24-38(21-41(49)22-40-14-18-52-30(40)10-15-45-16-12-43(27,35(40)45)36(41)47)23-46-17-11-42-26-6-3-4-8-28(26)44-32(42)25(33(48)51-2)20-39(34(42)46)13-19-53-37(38)39/h3-9,30,34-37,44,49H,10-24H2,1-2H3/t30-,34+,35-,36+,37+,38+,39+,40+,41-,42+,43-/m0/s1. The maximum atomic E-state index is 14.0. The molecule has 10 nitrogen and oxygen atoms in total. The highest BCUT2D eigenvalue weighted by molar-refractivity contribution is 5.93. The first-order valence-electron chi connectivity index (χ1n) is 20.4. The average molecular weight is 719 g/mol. The summed E-state index contributed by atoms with van der Waals surface area (Å²) in [6, 6.07) is 15.9. The number of nitrogens with zero attached hydrogens (tertiary/aromatic N) is 3. The summed E-state index contributed by atoms with van der Waals surface area (Å²) in [5, 5.41) is 17.8. The molecule has 8 fully saturated rings. The lowest BCUT2D eigenvalue weighted by Gasteiger charge is -2.70. The van der Waals surface area contributed by atoms with Crippen LogP contribution in [0.15, 0.2) is 53.7 Å². The zero-order chi connectivity index (χ0) is 35.3. The maximum Gasteiger partial charge on any atom is 0.335 e. The van der Waals surface area contributed by atoms with Crippen molar-refractivity contribution >= 4 is 17.3 Å². The van der Waals surface area contributed by atoms with E-state index in [-0.39, 0.29) is 57.3 Å². The Morgan fingerprint density at radius 2 is 1.70 bits per heavy atom. The highest BCUT2D eigenvalue weighted by atomic mass is 16.5. The molecule has 10 heteroatoms. The molecule has 53 heavy (non-hydrogen) atoms. The maximum absolute atomic E-state index is 14.0. The second-order valence-corrected chi connectivity index (χ2v) is 19.1. The first kappa shape index (κ1) is 31.1. The van der Waals surface area contributed by atoms with Crippen molar-refractivity contribution in [2.24, 2.45) is 16.2 Å². The minimum Gasteiger partial charge on any atom is -0.495 e. The van der Waals surface area contributed by atoms with Crippen LogP contribution in [0.1, 0.15) is 62.5 Å². The summed E-state index contributed by atoms with van der Waals surface area (Å²) in [5.41, 5.74) is 4.56. The minimum absolute atomic E-state index is 0.0405. The number of nitrogens with one attached hydrogen (secondary N) is 1. The number of carbonyl (C=O) groups is 1. The second kappa shape index (κ2) is 9.62. The number of para-hydroxylation sites is 2. The van der Waals surface area contributed by atoms with Gasteiger partial charge in [-0.15, -0.1) is 0 Å². The Bertz CT molecular complexity index is 2060. The van der Waals surface area contributed by atoms with E-state index in [4.69, 9.17) is 18.9 Å². The van der Waals surface area contributed by atoms with Gasteiger partial charge in [-0.05, 0) is 87.7 Å². The molecule has 9 aliphatic heterocycles. The number of rotatable bonds is 2. The summed E-state index contributed by atoms with van der Waals surface area (Å²) < 4.78 is 25.8. The molecule has 2 aliphatic carbocycles. The number of hydrogen-bond donors (Lipinski definition) is 2. The third-order valence-electron chi connectivity index (χ3n) is 17.5. The Hall–Kier alpha value is -3.15. The van der Waals surface area contributed by atoms with E-state index in [0.29, 0.717) is 25.5 Å². The van der Waals surface area contributed by atoms with E-state index in [1.807, 2.05) is 7.11 Å². The molecule has 0 aromatic heterocycles. The molecule has 0 amide bonds. The molecule has 2 aromatic carbocycles. The van der Waals surface area contributed by atoms with Crippen molar-refractivity contribution in [3.8, 4) is 5.75 Å². The number of fused-ring (bicyclic) bond motifs is 4. The number of ether oxygens (including phenoxy) is 4. The SMILES string of the molecule is COC(=O)C1=C2Nc3ccccc3[C@]23CCN2C[C@]4(CN5c6c(OC)cccc6[C@]67CCN8CC[C@@H]9OCC[C@]9(C[C@@](O)(C4)[C@@H]56)[C@H]87)[C@H]4OCC[C@@]4(C1)[C@@H]23. The van der Waals surface area contributed by atoms with Crippen molar-refractivity contribution < 1.29 is 28.8 Å². The topological polar surface area (TPSA) is 96.0 Å². The van der Waals surface area contributed by atoms with Crippen molar-refractivity contribution in [2.45, 2.75) is 98.1 Å². The molecule has 2 aromatic rings. The van der Waals surface area contributed by atoms with Gasteiger partial charge in [0.2, 0.25) is 0 Å². The normalized spacial score (nSPS) is 47.6. The van der Waals surface area contributed by atoms with Crippen LogP contribution >= 0.6 is 0 Å². The van der Waals surface area contributed by atoms with E-state index in [1.54, 1.807) is 0 Å². The Balaban J connectivity index is 1.03. The fourth-order valence-corrected chi connectivity index (χ4v) is 16.9. The molecule has 0 radical (unpaired) electrons. The minimum atomic E-state index is -0.960. The van der Waals surface area contributed by atoms with Crippen LogP contribution in [0, 0.1) is 16.2 Å². The quantitative estimate of drug-likeness (QED) is 0.445. The summed E-state index contributed by atoms with van der Waals surface area (Å²) in [4.78, 5) is 22.2. The van der Waals surface area contributed by atoms with Crippen LogP contribution in [0.25, 0.3) is 0 Å². The second-order valence-electron chi connectivity index (χ2n) is 19.1. The summed E-state index contributed by atoms with van der Waals surface area (Å²) in [7, 11) is 3.33. The Morgan fingerprint density at radius 3 is 2.58 bits per heavy atom. The smallest absolute Gasteiger partial charge is 0.335 e. The highest BCUT2D eigenvalue weighted by Crippen LogP contribution is 2.75. The summed E-state index contributed by atoms with van der Waals surface area (Å²) in [6.45, 7) is 6.18. The first-order chi connectivity index (χ1) is 25.8. The zero-order valence-corrected chi connectivity index (χ0v) is 30.9. The number of anilines is 2. The molecule has 13 rings (SSSR count).